The number of halogens is 1. The Morgan fingerprint density at radius 1 is 1.22 bits per heavy atom. The molecule has 0 fully saturated rings. The number of hydrogen-bond acceptors (Lipinski definition) is 1. The van der Waals surface area contributed by atoms with Crippen LogP contribution in [-0.2, 0) is 0 Å². The van der Waals surface area contributed by atoms with E-state index < -0.39 is 0 Å². The second-order valence-electron chi connectivity index (χ2n) is 4.27. The van der Waals surface area contributed by atoms with Gasteiger partial charge < -0.3 is 0 Å². The molecule has 0 amide bonds. The predicted octanol–water partition coefficient (Wildman–Crippen LogP) is 5.05. The van der Waals surface area contributed by atoms with Gasteiger partial charge in [0.05, 0.1) is 5.70 Å². The Kier molecular flexibility index (Phi) is 4.16. The van der Waals surface area contributed by atoms with Gasteiger partial charge in [0.25, 0.3) is 0 Å². The summed E-state index contributed by atoms with van der Waals surface area (Å²) in [5, 5.41) is 0.502. The van der Waals surface area contributed by atoms with E-state index in [0.29, 0.717) is 10.9 Å². The van der Waals surface area contributed by atoms with Crippen LogP contribution in [0.1, 0.15) is 30.9 Å². The monoisotopic (exact) mass is 257 g/mol. The van der Waals surface area contributed by atoms with Crippen molar-refractivity contribution in [2.75, 3.05) is 0 Å². The van der Waals surface area contributed by atoms with Crippen LogP contribution in [0, 0.1) is 0 Å². The molecule has 0 N–H and O–H groups in total. The number of rotatable bonds is 3. The Morgan fingerprint density at radius 2 is 1.94 bits per heavy atom. The van der Waals surface area contributed by atoms with Crippen LogP contribution in [0.3, 0.4) is 0 Å². The average molecular weight is 258 g/mol. The fraction of sp³-hybridized carbons (Fsp3) is 0.188. The summed E-state index contributed by atoms with van der Waals surface area (Å²) in [5.41, 5.74) is 4.21. The van der Waals surface area contributed by atoms with Gasteiger partial charge in [-0.3, -0.25) is 0 Å². The Bertz CT molecular complexity index is 529. The molecule has 0 radical (unpaired) electrons. The van der Waals surface area contributed by atoms with E-state index in [4.69, 9.17) is 11.6 Å². The van der Waals surface area contributed by atoms with E-state index in [9.17, 15) is 0 Å². The minimum Gasteiger partial charge on any atom is -0.242 e. The Labute approximate surface area is 113 Å². The van der Waals surface area contributed by atoms with Gasteiger partial charge in [0.1, 0.15) is 5.17 Å². The van der Waals surface area contributed by atoms with Crippen LogP contribution in [0.4, 0.5) is 0 Å². The van der Waals surface area contributed by atoms with Crippen LogP contribution in [-0.4, -0.2) is 5.17 Å². The van der Waals surface area contributed by atoms with Crippen molar-refractivity contribution in [1.29, 1.82) is 0 Å². The van der Waals surface area contributed by atoms with Crippen LogP contribution in [0.2, 0.25) is 0 Å². The van der Waals surface area contributed by atoms with Crippen molar-refractivity contribution in [3.8, 4) is 0 Å². The maximum atomic E-state index is 5.75. The minimum atomic E-state index is 0.502. The minimum absolute atomic E-state index is 0.502. The molecule has 0 saturated heterocycles. The third kappa shape index (κ3) is 3.21. The summed E-state index contributed by atoms with van der Waals surface area (Å²) in [6.07, 6.45) is 8.92. The summed E-state index contributed by atoms with van der Waals surface area (Å²) in [4.78, 5) is 4.15. The van der Waals surface area contributed by atoms with Crippen LogP contribution in [0.25, 0.3) is 11.3 Å². The van der Waals surface area contributed by atoms with Crippen molar-refractivity contribution in [3.05, 3.63) is 60.2 Å². The highest BCUT2D eigenvalue weighted by atomic mass is 35.5. The smallest absolute Gasteiger partial charge is 0.103 e. The number of aliphatic imine (C=N–C) groups is 1. The second kappa shape index (κ2) is 5.83. The third-order valence-corrected chi connectivity index (χ3v) is 2.92. The standard InChI is InChI=1S/C16H16ClN/c1-12(18-13(2)17)14-8-10-16(11-9-14)15-6-4-3-5-7-15/h4,6-11H,1,3,5H2,2H3. The lowest BCUT2D eigenvalue weighted by Gasteiger charge is -2.08. The number of allylic oxidation sites excluding steroid dienone is 4. The van der Waals surface area contributed by atoms with Gasteiger partial charge in [0.15, 0.2) is 0 Å². The topological polar surface area (TPSA) is 12.4 Å². The van der Waals surface area contributed by atoms with E-state index in [1.54, 1.807) is 6.92 Å². The first-order valence-electron chi connectivity index (χ1n) is 6.04. The largest absolute Gasteiger partial charge is 0.242 e. The zero-order valence-corrected chi connectivity index (χ0v) is 11.2. The van der Waals surface area contributed by atoms with Crippen molar-refractivity contribution in [3.63, 3.8) is 0 Å². The fourth-order valence-electron chi connectivity index (χ4n) is 1.93. The Morgan fingerprint density at radius 3 is 2.50 bits per heavy atom. The molecular weight excluding hydrogens is 242 g/mol. The molecule has 1 aliphatic carbocycles. The highest BCUT2D eigenvalue weighted by Crippen LogP contribution is 2.23. The van der Waals surface area contributed by atoms with Gasteiger partial charge in [-0.25, -0.2) is 4.99 Å². The summed E-state index contributed by atoms with van der Waals surface area (Å²) in [6, 6.07) is 8.26. The van der Waals surface area contributed by atoms with Gasteiger partial charge >= 0.3 is 0 Å². The van der Waals surface area contributed by atoms with Crippen molar-refractivity contribution in [2.45, 2.75) is 19.8 Å². The molecule has 2 heteroatoms. The highest BCUT2D eigenvalue weighted by molar-refractivity contribution is 6.65. The molecule has 0 unspecified atom stereocenters. The Hall–Kier alpha value is -1.60. The van der Waals surface area contributed by atoms with Gasteiger partial charge in [-0.15, -0.1) is 0 Å². The molecule has 1 aromatic carbocycles. The number of benzene rings is 1. The molecule has 1 aromatic rings. The van der Waals surface area contributed by atoms with E-state index >= 15 is 0 Å². The maximum Gasteiger partial charge on any atom is 0.103 e. The lowest BCUT2D eigenvalue weighted by molar-refractivity contribution is 1.04. The van der Waals surface area contributed by atoms with E-state index in [2.05, 4.69) is 41.9 Å². The Balaban J connectivity index is 2.20. The molecule has 0 saturated carbocycles. The van der Waals surface area contributed by atoms with Crippen molar-refractivity contribution in [2.24, 2.45) is 4.99 Å². The number of nitrogens with zero attached hydrogens (tertiary/aromatic N) is 1. The highest BCUT2D eigenvalue weighted by Gasteiger charge is 2.02. The first kappa shape index (κ1) is 12.8. The van der Waals surface area contributed by atoms with E-state index in [1.165, 1.54) is 11.1 Å². The molecule has 0 atom stereocenters. The molecule has 2 rings (SSSR count). The van der Waals surface area contributed by atoms with Gasteiger partial charge in [0, 0.05) is 0 Å². The zero-order valence-electron chi connectivity index (χ0n) is 10.5. The molecule has 1 aliphatic rings. The zero-order chi connectivity index (χ0) is 13.0. The molecule has 0 bridgehead atoms. The van der Waals surface area contributed by atoms with E-state index in [-0.39, 0.29) is 0 Å². The normalized spacial score (nSPS) is 15.4. The van der Waals surface area contributed by atoms with Gasteiger partial charge in [-0.2, -0.15) is 0 Å². The second-order valence-corrected chi connectivity index (χ2v) is 4.82. The molecule has 1 nitrogen and oxygen atoms in total. The van der Waals surface area contributed by atoms with Crippen LogP contribution < -0.4 is 0 Å². The first-order chi connectivity index (χ1) is 8.66. The SMILES string of the molecule is C=C(N=C(C)Cl)c1ccc(C2=CCCC=C2)cc1. The summed E-state index contributed by atoms with van der Waals surface area (Å²) < 4.78 is 0. The van der Waals surface area contributed by atoms with Crippen molar-refractivity contribution in [1.82, 2.24) is 0 Å². The lowest BCUT2D eigenvalue weighted by atomic mass is 9.98. The predicted molar refractivity (Wildman–Crippen MR) is 80.8 cm³/mol. The van der Waals surface area contributed by atoms with Gasteiger partial charge in [-0.05, 0) is 36.5 Å². The van der Waals surface area contributed by atoms with E-state index in [1.807, 2.05) is 12.1 Å². The molecular formula is C16H16ClN. The molecule has 0 spiro atoms. The fourth-order valence-corrected chi connectivity index (χ4v) is 2.04. The summed E-state index contributed by atoms with van der Waals surface area (Å²) >= 11 is 5.75. The lowest BCUT2D eigenvalue weighted by Crippen LogP contribution is -1.88. The molecule has 92 valence electrons. The van der Waals surface area contributed by atoms with Crippen LogP contribution >= 0.6 is 11.6 Å². The summed E-state index contributed by atoms with van der Waals surface area (Å²) in [6.45, 7) is 5.66. The third-order valence-electron chi connectivity index (χ3n) is 2.84. The molecule has 0 aliphatic heterocycles. The van der Waals surface area contributed by atoms with Crippen LogP contribution in [0.5, 0.6) is 0 Å². The number of hydrogen-bond donors (Lipinski definition) is 0. The van der Waals surface area contributed by atoms with E-state index in [0.717, 1.165) is 18.4 Å². The summed E-state index contributed by atoms with van der Waals surface area (Å²) in [5.74, 6) is 0. The summed E-state index contributed by atoms with van der Waals surface area (Å²) in [7, 11) is 0. The molecule has 0 aromatic heterocycles. The van der Waals surface area contributed by atoms with Crippen molar-refractivity contribution >= 4 is 28.0 Å². The quantitative estimate of drug-likeness (QED) is 0.672. The van der Waals surface area contributed by atoms with Crippen molar-refractivity contribution < 1.29 is 0 Å². The first-order valence-corrected chi connectivity index (χ1v) is 6.42. The molecule has 0 heterocycles. The van der Waals surface area contributed by atoms with Crippen LogP contribution in [0.15, 0.2) is 54.1 Å². The average Bonchev–Trinajstić information content (AvgIpc) is 2.39. The van der Waals surface area contributed by atoms with Gasteiger partial charge in [-0.1, -0.05) is 60.7 Å². The van der Waals surface area contributed by atoms with Gasteiger partial charge in [0.2, 0.25) is 0 Å². The maximum absolute atomic E-state index is 5.75. The molecule has 18 heavy (non-hydrogen) atoms.